The Morgan fingerprint density at radius 2 is 1.13 bits per heavy atom. The van der Waals surface area contributed by atoms with Gasteiger partial charge in [-0.2, -0.15) is 0 Å². The van der Waals surface area contributed by atoms with Crippen LogP contribution in [0.4, 0.5) is 0 Å². The summed E-state index contributed by atoms with van der Waals surface area (Å²) < 4.78 is -0.502. The molecule has 0 saturated heterocycles. The van der Waals surface area contributed by atoms with Gasteiger partial charge >= 0.3 is 11.9 Å². The molecule has 2 N–H and O–H groups in total. The van der Waals surface area contributed by atoms with Crippen LogP contribution >= 0.6 is 0 Å². The van der Waals surface area contributed by atoms with E-state index in [2.05, 4.69) is 19.1 Å². The second-order valence-corrected chi connectivity index (χ2v) is 8.28. The third-order valence-corrected chi connectivity index (χ3v) is 5.30. The molecule has 0 atom stereocenters. The van der Waals surface area contributed by atoms with Gasteiger partial charge in [0, 0.05) is 0 Å². The summed E-state index contributed by atoms with van der Waals surface area (Å²) in [5.41, 5.74) is 0. The van der Waals surface area contributed by atoms with Crippen molar-refractivity contribution in [2.45, 2.75) is 90.4 Å². The topological polar surface area (TPSA) is 115 Å². The number of carboxylic acids is 3. The molecule has 0 aliphatic rings. The fraction of sp³-hybridized carbons (Fsp3) is 0.783. The molecule has 0 aliphatic heterocycles. The minimum absolute atomic E-state index is 0.218. The maximum atomic E-state index is 11.1. The highest BCUT2D eigenvalue weighted by Crippen LogP contribution is 2.14. The number of rotatable bonds is 21. The Hall–Kier alpha value is -1.89. The first kappa shape index (κ1) is 28.1. The third-order valence-electron chi connectivity index (χ3n) is 5.30. The summed E-state index contributed by atoms with van der Waals surface area (Å²) in [6, 6.07) is 0. The fourth-order valence-corrected chi connectivity index (χ4v) is 3.77. The van der Waals surface area contributed by atoms with E-state index in [9.17, 15) is 19.5 Å². The van der Waals surface area contributed by atoms with E-state index >= 15 is 0 Å². The van der Waals surface area contributed by atoms with Crippen molar-refractivity contribution in [1.29, 1.82) is 0 Å². The normalized spacial score (nSPS) is 11.8. The van der Waals surface area contributed by atoms with Gasteiger partial charge in [-0.15, -0.1) is 0 Å². The number of nitrogens with zero attached hydrogens (tertiary/aromatic N) is 1. The van der Waals surface area contributed by atoms with Crippen molar-refractivity contribution in [3.8, 4) is 0 Å². The second kappa shape index (κ2) is 17.9. The first-order valence-corrected chi connectivity index (χ1v) is 11.4. The van der Waals surface area contributed by atoms with E-state index in [1.54, 1.807) is 0 Å². The smallest absolute Gasteiger partial charge is 0.359 e. The van der Waals surface area contributed by atoms with Crippen molar-refractivity contribution in [1.82, 2.24) is 0 Å². The number of carbonyl (C=O) groups is 3. The summed E-state index contributed by atoms with van der Waals surface area (Å²) in [5, 5.41) is 29.2. The highest BCUT2D eigenvalue weighted by Gasteiger charge is 2.33. The molecule has 0 spiro atoms. The molecular weight excluding hydrogens is 386 g/mol. The van der Waals surface area contributed by atoms with E-state index in [0.717, 1.165) is 32.1 Å². The van der Waals surface area contributed by atoms with Crippen LogP contribution in [0, 0.1) is 0 Å². The van der Waals surface area contributed by atoms with Gasteiger partial charge in [0.15, 0.2) is 13.1 Å². The molecule has 0 rings (SSSR count). The van der Waals surface area contributed by atoms with E-state index < -0.39 is 42.0 Å². The van der Waals surface area contributed by atoms with Gasteiger partial charge in [0.05, 0.1) is 12.5 Å². The zero-order valence-electron chi connectivity index (χ0n) is 18.7. The summed E-state index contributed by atoms with van der Waals surface area (Å²) >= 11 is 0. The van der Waals surface area contributed by atoms with E-state index in [0.29, 0.717) is 6.42 Å². The summed E-state index contributed by atoms with van der Waals surface area (Å²) in [4.78, 5) is 33.2. The van der Waals surface area contributed by atoms with Gasteiger partial charge in [-0.1, -0.05) is 64.0 Å². The SMILES string of the molecule is CCCCCC/C=C/CCCCCCCCC[N+](CC(=O)[O-])(CC(=O)O)CC(=O)O. The highest BCUT2D eigenvalue weighted by molar-refractivity contribution is 5.72. The van der Waals surface area contributed by atoms with Crippen molar-refractivity contribution in [3.63, 3.8) is 0 Å². The minimum atomic E-state index is -1.42. The van der Waals surface area contributed by atoms with Crippen LogP contribution in [0.25, 0.3) is 0 Å². The van der Waals surface area contributed by atoms with Gasteiger partial charge in [-0.05, 0) is 38.5 Å². The Morgan fingerprint density at radius 1 is 0.700 bits per heavy atom. The lowest BCUT2D eigenvalue weighted by Gasteiger charge is -2.36. The Morgan fingerprint density at radius 3 is 1.57 bits per heavy atom. The van der Waals surface area contributed by atoms with E-state index in [-0.39, 0.29) is 6.54 Å². The van der Waals surface area contributed by atoms with Crippen molar-refractivity contribution < 1.29 is 34.2 Å². The predicted octanol–water partition coefficient (Wildman–Crippen LogP) is 3.37. The molecule has 7 nitrogen and oxygen atoms in total. The molecule has 7 heteroatoms. The van der Waals surface area contributed by atoms with Gasteiger partial charge in [0.1, 0.15) is 6.54 Å². The average molecular weight is 428 g/mol. The van der Waals surface area contributed by atoms with E-state index in [1.807, 2.05) is 0 Å². The number of quaternary nitrogens is 1. The van der Waals surface area contributed by atoms with Crippen molar-refractivity contribution >= 4 is 17.9 Å². The molecule has 0 fully saturated rings. The van der Waals surface area contributed by atoms with Crippen LogP contribution in [-0.2, 0) is 14.4 Å². The van der Waals surface area contributed by atoms with Gasteiger partial charge in [-0.3, -0.25) is 0 Å². The first-order valence-electron chi connectivity index (χ1n) is 11.4. The number of carbonyl (C=O) groups excluding carboxylic acids is 1. The van der Waals surface area contributed by atoms with Crippen LogP contribution in [0.3, 0.4) is 0 Å². The maximum Gasteiger partial charge on any atom is 0.359 e. The molecule has 0 aromatic carbocycles. The number of aliphatic carboxylic acids is 3. The molecule has 0 aromatic rings. The number of hydrogen-bond acceptors (Lipinski definition) is 4. The van der Waals surface area contributed by atoms with Crippen LogP contribution in [-0.4, -0.2) is 58.8 Å². The molecule has 0 unspecified atom stereocenters. The van der Waals surface area contributed by atoms with Gasteiger partial charge in [0.25, 0.3) is 0 Å². The zero-order chi connectivity index (χ0) is 22.7. The molecular formula is C23H41NO6. The fourth-order valence-electron chi connectivity index (χ4n) is 3.77. The van der Waals surface area contributed by atoms with Crippen molar-refractivity contribution in [2.75, 3.05) is 26.2 Å². The summed E-state index contributed by atoms with van der Waals surface area (Å²) in [5.74, 6) is -3.83. The molecule has 0 heterocycles. The van der Waals surface area contributed by atoms with Crippen LogP contribution in [0.5, 0.6) is 0 Å². The Balaban J connectivity index is 3.96. The number of carboxylic acid groups (broad SMARTS) is 3. The Kier molecular flexibility index (Phi) is 16.8. The standard InChI is InChI=1S/C23H41NO6/c1-2-3-4-5-6-7-8-9-10-11-12-13-14-15-16-17-24(18-21(25)26,19-22(27)28)20-23(29)30/h7-8H,2-6,9-20H2,1H3,(H2-,25,26,27,28,29,30)/b8-7+. The Labute approximate surface area is 181 Å². The second-order valence-electron chi connectivity index (χ2n) is 8.28. The Bertz CT molecular complexity index is 477. The van der Waals surface area contributed by atoms with E-state index in [4.69, 9.17) is 10.2 Å². The van der Waals surface area contributed by atoms with Crippen molar-refractivity contribution in [3.05, 3.63) is 12.2 Å². The molecule has 0 aromatic heterocycles. The molecule has 30 heavy (non-hydrogen) atoms. The predicted molar refractivity (Wildman–Crippen MR) is 115 cm³/mol. The minimum Gasteiger partial charge on any atom is -0.544 e. The lowest BCUT2D eigenvalue weighted by molar-refractivity contribution is -0.909. The number of unbranched alkanes of at least 4 members (excludes halogenated alkanes) is 11. The molecule has 174 valence electrons. The van der Waals surface area contributed by atoms with Gasteiger partial charge in [-0.25, -0.2) is 9.59 Å². The monoisotopic (exact) mass is 427 g/mol. The van der Waals surface area contributed by atoms with Crippen LogP contribution in [0.2, 0.25) is 0 Å². The average Bonchev–Trinajstić information content (AvgIpc) is 2.63. The molecule has 0 amide bonds. The zero-order valence-corrected chi connectivity index (χ0v) is 18.7. The molecule has 0 saturated carbocycles. The summed E-state index contributed by atoms with van der Waals surface area (Å²) in [6.45, 7) is 0.803. The summed E-state index contributed by atoms with van der Waals surface area (Å²) in [7, 11) is 0. The maximum absolute atomic E-state index is 11.1. The highest BCUT2D eigenvalue weighted by atomic mass is 16.4. The summed E-state index contributed by atoms with van der Waals surface area (Å²) in [6.07, 6.45) is 19.1. The quantitative estimate of drug-likeness (QED) is 0.165. The van der Waals surface area contributed by atoms with Gasteiger partial charge < -0.3 is 24.6 Å². The van der Waals surface area contributed by atoms with E-state index in [1.165, 1.54) is 44.9 Å². The first-order chi connectivity index (χ1) is 14.3. The van der Waals surface area contributed by atoms with Gasteiger partial charge in [0.2, 0.25) is 0 Å². The molecule has 0 bridgehead atoms. The van der Waals surface area contributed by atoms with Crippen LogP contribution in [0.15, 0.2) is 12.2 Å². The third kappa shape index (κ3) is 17.0. The number of hydrogen-bond donors (Lipinski definition) is 2. The lowest BCUT2D eigenvalue weighted by atomic mass is 10.1. The number of allylic oxidation sites excluding steroid dienone is 2. The largest absolute Gasteiger partial charge is 0.544 e. The molecule has 0 aliphatic carbocycles. The molecule has 0 radical (unpaired) electrons. The lowest BCUT2D eigenvalue weighted by Crippen LogP contribution is -2.59. The van der Waals surface area contributed by atoms with Crippen LogP contribution in [0.1, 0.15) is 90.4 Å². The van der Waals surface area contributed by atoms with Crippen LogP contribution < -0.4 is 5.11 Å². The van der Waals surface area contributed by atoms with Crippen molar-refractivity contribution in [2.24, 2.45) is 0 Å².